The van der Waals surface area contributed by atoms with Gasteiger partial charge in [0.15, 0.2) is 11.5 Å². The predicted octanol–water partition coefficient (Wildman–Crippen LogP) is 1.49. The van der Waals surface area contributed by atoms with Crippen LogP contribution in [0.2, 0.25) is 0 Å². The Bertz CT molecular complexity index is 295. The molecular formula is C8H11NO3S. The van der Waals surface area contributed by atoms with Crippen molar-refractivity contribution in [3.8, 4) is 11.5 Å². The smallest absolute Gasteiger partial charge is 0.216 e. The Morgan fingerprint density at radius 1 is 1.54 bits per heavy atom. The van der Waals surface area contributed by atoms with Crippen LogP contribution in [0.3, 0.4) is 0 Å². The van der Waals surface area contributed by atoms with E-state index in [-0.39, 0.29) is 5.90 Å². The number of hydrogen-bond donors (Lipinski definition) is 2. The molecule has 1 atom stereocenters. The molecule has 13 heavy (non-hydrogen) atoms. The molecule has 2 N–H and O–H groups in total. The van der Waals surface area contributed by atoms with Crippen LogP contribution in [0.25, 0.3) is 0 Å². The zero-order valence-electron chi connectivity index (χ0n) is 7.40. The van der Waals surface area contributed by atoms with Gasteiger partial charge < -0.3 is 14.6 Å². The highest BCUT2D eigenvalue weighted by Crippen LogP contribution is 2.31. The lowest BCUT2D eigenvalue weighted by atomic mass is 10.4. The monoisotopic (exact) mass is 201 g/mol. The topological polar surface area (TPSA) is 62.5 Å². The third kappa shape index (κ3) is 2.43. The van der Waals surface area contributed by atoms with E-state index in [9.17, 15) is 0 Å². The van der Waals surface area contributed by atoms with E-state index in [1.807, 2.05) is 0 Å². The van der Waals surface area contributed by atoms with Crippen molar-refractivity contribution in [2.75, 3.05) is 7.11 Å². The van der Waals surface area contributed by atoms with E-state index in [0.717, 1.165) is 0 Å². The van der Waals surface area contributed by atoms with E-state index < -0.39 is 6.10 Å². The predicted molar refractivity (Wildman–Crippen MR) is 50.9 cm³/mol. The highest BCUT2D eigenvalue weighted by Gasteiger charge is 2.11. The van der Waals surface area contributed by atoms with E-state index >= 15 is 0 Å². The van der Waals surface area contributed by atoms with Gasteiger partial charge >= 0.3 is 0 Å². The minimum Gasteiger partial charge on any atom is -0.492 e. The molecule has 1 aromatic heterocycles. The lowest BCUT2D eigenvalue weighted by Crippen LogP contribution is -2.21. The maximum atomic E-state index is 9.00. The molecule has 1 heterocycles. The zero-order valence-corrected chi connectivity index (χ0v) is 8.22. The van der Waals surface area contributed by atoms with Crippen molar-refractivity contribution < 1.29 is 14.6 Å². The zero-order chi connectivity index (χ0) is 9.84. The van der Waals surface area contributed by atoms with Crippen LogP contribution in [0.1, 0.15) is 6.92 Å². The van der Waals surface area contributed by atoms with Gasteiger partial charge in [-0.05, 0) is 6.92 Å². The molecule has 0 aliphatic heterocycles. The fraction of sp³-hybridized carbons (Fsp3) is 0.375. The Balaban J connectivity index is 2.68. The number of aliphatic hydroxyl groups excluding tert-OH is 1. The summed E-state index contributed by atoms with van der Waals surface area (Å²) in [5, 5.41) is 19.8. The molecule has 0 radical (unpaired) electrons. The van der Waals surface area contributed by atoms with E-state index in [1.165, 1.54) is 25.4 Å². The number of rotatable bonds is 3. The Morgan fingerprint density at radius 2 is 2.15 bits per heavy atom. The van der Waals surface area contributed by atoms with E-state index in [2.05, 4.69) is 0 Å². The summed E-state index contributed by atoms with van der Waals surface area (Å²) in [4.78, 5) is 0. The second-order valence-corrected chi connectivity index (χ2v) is 3.19. The van der Waals surface area contributed by atoms with Crippen LogP contribution in [0.4, 0.5) is 0 Å². The van der Waals surface area contributed by atoms with Gasteiger partial charge in [-0.2, -0.15) is 0 Å². The molecule has 1 unspecified atom stereocenters. The minimum absolute atomic E-state index is 0.184. The van der Waals surface area contributed by atoms with Crippen molar-refractivity contribution >= 4 is 17.2 Å². The second kappa shape index (κ2) is 4.25. The number of nitrogens with one attached hydrogen (secondary N) is 1. The maximum Gasteiger partial charge on any atom is 0.216 e. The van der Waals surface area contributed by atoms with E-state index in [0.29, 0.717) is 11.5 Å². The number of aliphatic hydroxyl groups is 1. The summed E-state index contributed by atoms with van der Waals surface area (Å²) >= 11 is 1.42. The highest BCUT2D eigenvalue weighted by molar-refractivity contribution is 7.08. The quantitative estimate of drug-likeness (QED) is 0.575. The summed E-state index contributed by atoms with van der Waals surface area (Å²) in [6, 6.07) is 0. The number of thiophene rings is 1. The normalized spacial score (nSPS) is 12.2. The van der Waals surface area contributed by atoms with Gasteiger partial charge in [0.25, 0.3) is 0 Å². The lowest BCUT2D eigenvalue weighted by molar-refractivity contribution is 0.236. The van der Waals surface area contributed by atoms with Gasteiger partial charge in [0.1, 0.15) is 6.10 Å². The van der Waals surface area contributed by atoms with Crippen molar-refractivity contribution in [1.82, 2.24) is 0 Å². The van der Waals surface area contributed by atoms with Gasteiger partial charge in [-0.15, -0.1) is 11.3 Å². The van der Waals surface area contributed by atoms with Crippen LogP contribution in [0, 0.1) is 5.41 Å². The molecule has 0 aromatic carbocycles. The molecule has 0 fully saturated rings. The molecule has 0 amide bonds. The highest BCUT2D eigenvalue weighted by atomic mass is 32.1. The molecule has 1 rings (SSSR count). The van der Waals surface area contributed by atoms with Crippen LogP contribution in [0.15, 0.2) is 10.8 Å². The average Bonchev–Trinajstić information content (AvgIpc) is 2.51. The van der Waals surface area contributed by atoms with Gasteiger partial charge in [0.05, 0.1) is 7.11 Å². The second-order valence-electron chi connectivity index (χ2n) is 2.45. The molecule has 4 nitrogen and oxygen atoms in total. The summed E-state index contributed by atoms with van der Waals surface area (Å²) in [5.41, 5.74) is 0. The van der Waals surface area contributed by atoms with Crippen LogP contribution in [-0.2, 0) is 0 Å². The lowest BCUT2D eigenvalue weighted by Gasteiger charge is -2.08. The molecule has 0 aliphatic carbocycles. The summed E-state index contributed by atoms with van der Waals surface area (Å²) < 4.78 is 10.0. The number of ether oxygens (including phenoxy) is 2. The first-order valence-corrected chi connectivity index (χ1v) is 4.64. The standard InChI is InChI=1S/C8H11NO3S/c1-5(10)8(9)12-7-4-13-3-6(7)11-2/h3-5,9-10H,1-2H3. The summed E-state index contributed by atoms with van der Waals surface area (Å²) in [5.74, 6) is 0.866. The van der Waals surface area contributed by atoms with Crippen LogP contribution < -0.4 is 9.47 Å². The maximum absolute atomic E-state index is 9.00. The SMILES string of the molecule is COc1cscc1OC(=N)C(C)O. The molecular weight excluding hydrogens is 190 g/mol. The van der Waals surface area contributed by atoms with Crippen molar-refractivity contribution in [2.24, 2.45) is 0 Å². The largest absolute Gasteiger partial charge is 0.492 e. The number of methoxy groups -OCH3 is 1. The molecule has 1 aromatic rings. The Hall–Kier alpha value is -1.07. The first-order chi connectivity index (χ1) is 6.15. The Morgan fingerprint density at radius 3 is 2.69 bits per heavy atom. The first kappa shape index (κ1) is 10.0. The fourth-order valence-corrected chi connectivity index (χ4v) is 1.39. The van der Waals surface area contributed by atoms with E-state index in [4.69, 9.17) is 20.0 Å². The van der Waals surface area contributed by atoms with Gasteiger partial charge in [-0.1, -0.05) is 0 Å². The summed E-state index contributed by atoms with van der Waals surface area (Å²) in [6.07, 6.45) is -0.899. The van der Waals surface area contributed by atoms with Crippen molar-refractivity contribution in [3.63, 3.8) is 0 Å². The van der Waals surface area contributed by atoms with Crippen LogP contribution in [0.5, 0.6) is 11.5 Å². The average molecular weight is 201 g/mol. The van der Waals surface area contributed by atoms with Gasteiger partial charge in [0, 0.05) is 10.8 Å². The van der Waals surface area contributed by atoms with Crippen molar-refractivity contribution in [2.45, 2.75) is 13.0 Å². The molecule has 0 saturated heterocycles. The van der Waals surface area contributed by atoms with Crippen LogP contribution >= 0.6 is 11.3 Å². The Labute approximate surface area is 80.2 Å². The molecule has 0 spiro atoms. The molecule has 0 bridgehead atoms. The summed E-state index contributed by atoms with van der Waals surface area (Å²) in [7, 11) is 1.53. The van der Waals surface area contributed by atoms with Crippen LogP contribution in [-0.4, -0.2) is 24.2 Å². The third-order valence-corrected chi connectivity index (χ3v) is 2.11. The van der Waals surface area contributed by atoms with Crippen molar-refractivity contribution in [3.05, 3.63) is 10.8 Å². The van der Waals surface area contributed by atoms with Gasteiger partial charge in [-0.3, -0.25) is 5.41 Å². The summed E-state index contributed by atoms with van der Waals surface area (Å²) in [6.45, 7) is 1.47. The van der Waals surface area contributed by atoms with E-state index in [1.54, 1.807) is 10.8 Å². The molecule has 5 heteroatoms. The number of hydrogen-bond acceptors (Lipinski definition) is 5. The fourth-order valence-electron chi connectivity index (χ4n) is 0.701. The van der Waals surface area contributed by atoms with Gasteiger partial charge in [-0.25, -0.2) is 0 Å². The molecule has 0 aliphatic rings. The first-order valence-electron chi connectivity index (χ1n) is 3.69. The molecule has 0 saturated carbocycles. The Kier molecular flexibility index (Phi) is 3.27. The minimum atomic E-state index is -0.899. The molecule has 72 valence electrons. The van der Waals surface area contributed by atoms with Crippen molar-refractivity contribution in [1.29, 1.82) is 5.41 Å². The third-order valence-electron chi connectivity index (χ3n) is 1.41. The van der Waals surface area contributed by atoms with Gasteiger partial charge in [0.2, 0.25) is 5.90 Å².